The van der Waals surface area contributed by atoms with Gasteiger partial charge >= 0.3 is 217 Å². The average molecular weight is 601 g/mol. The van der Waals surface area contributed by atoms with Crippen LogP contribution in [0.25, 0.3) is 52.3 Å². The van der Waals surface area contributed by atoms with Crippen molar-refractivity contribution in [1.29, 1.82) is 0 Å². The summed E-state index contributed by atoms with van der Waals surface area (Å²) in [5, 5.41) is 5.50. The molecule has 0 amide bonds. The number of hydrogen-bond donors (Lipinski definition) is 0. The monoisotopic (exact) mass is 601 g/mol. The summed E-state index contributed by atoms with van der Waals surface area (Å²) >= 11 is 0.321. The summed E-state index contributed by atoms with van der Waals surface area (Å²) in [6.45, 7) is 0. The van der Waals surface area contributed by atoms with Gasteiger partial charge in [0.05, 0.1) is 0 Å². The van der Waals surface area contributed by atoms with Crippen LogP contribution in [0.15, 0.2) is 164 Å². The summed E-state index contributed by atoms with van der Waals surface area (Å²) in [5.74, 6) is 0. The molecule has 0 N–H and O–H groups in total. The Hall–Kier alpha value is -4.88. The minimum absolute atomic E-state index is 0.321. The van der Waals surface area contributed by atoms with Crippen molar-refractivity contribution in [2.45, 2.75) is 0 Å². The van der Waals surface area contributed by atoms with Gasteiger partial charge in [-0.05, 0) is 5.56 Å². The standard InChI is InChI=1S/C40H27NSe/c1-3-11-28(12-4-1)29-21-23-32(24-22-29)41(31-14-5-2-6-15-31)33-16-9-13-30(27-33)34-18-10-19-37-35(34)25-26-38-36-17-7-8-20-39(36)42-40(37)38/h1-27H. The van der Waals surface area contributed by atoms with Gasteiger partial charge in [0.25, 0.3) is 0 Å². The van der Waals surface area contributed by atoms with Gasteiger partial charge in [-0.3, -0.25) is 0 Å². The van der Waals surface area contributed by atoms with E-state index >= 15 is 0 Å². The molecule has 1 aromatic heterocycles. The third-order valence-corrected chi connectivity index (χ3v) is 10.6. The Balaban J connectivity index is 1.25. The van der Waals surface area contributed by atoms with E-state index in [2.05, 4.69) is 169 Å². The van der Waals surface area contributed by atoms with Crippen molar-refractivity contribution < 1.29 is 0 Å². The number of anilines is 3. The summed E-state index contributed by atoms with van der Waals surface area (Å²) in [6, 6.07) is 59.4. The molecule has 198 valence electrons. The first-order valence-electron chi connectivity index (χ1n) is 14.3. The first-order chi connectivity index (χ1) is 20.8. The van der Waals surface area contributed by atoms with E-state index in [0.717, 1.165) is 17.1 Å². The molecule has 1 nitrogen and oxygen atoms in total. The fraction of sp³-hybridized carbons (Fsp3) is 0. The molecule has 0 unspecified atom stereocenters. The van der Waals surface area contributed by atoms with Gasteiger partial charge in [-0.25, -0.2) is 0 Å². The zero-order chi connectivity index (χ0) is 27.9. The number of hydrogen-bond acceptors (Lipinski definition) is 1. The van der Waals surface area contributed by atoms with Crippen LogP contribution >= 0.6 is 0 Å². The van der Waals surface area contributed by atoms with Crippen LogP contribution in [0.5, 0.6) is 0 Å². The van der Waals surface area contributed by atoms with Crippen molar-refractivity contribution in [2.24, 2.45) is 0 Å². The number of para-hydroxylation sites is 1. The molecule has 0 saturated heterocycles. The zero-order valence-electron chi connectivity index (χ0n) is 22.9. The van der Waals surface area contributed by atoms with E-state index in [9.17, 15) is 0 Å². The largest absolute Gasteiger partial charge is 0.0617 e. The van der Waals surface area contributed by atoms with Crippen LogP contribution in [0.3, 0.4) is 0 Å². The molecule has 0 radical (unpaired) electrons. The maximum absolute atomic E-state index is 2.35. The minimum Gasteiger partial charge on any atom is -0.0617 e. The summed E-state index contributed by atoms with van der Waals surface area (Å²) < 4.78 is 2.99. The van der Waals surface area contributed by atoms with Crippen LogP contribution in [-0.2, 0) is 0 Å². The van der Waals surface area contributed by atoms with Gasteiger partial charge in [0.1, 0.15) is 0 Å². The SMILES string of the molecule is c1ccc(-c2ccc(N(c3ccccc3)c3cccc(-c4cccc5c4ccc4c6ccccc6[se]c54)c3)cc2)cc1. The molecular weight excluding hydrogens is 573 g/mol. The molecule has 0 saturated carbocycles. The normalized spacial score (nSPS) is 11.3. The second kappa shape index (κ2) is 10.5. The third-order valence-electron chi connectivity index (χ3n) is 8.06. The van der Waals surface area contributed by atoms with E-state index in [1.54, 1.807) is 0 Å². The number of benzene rings is 7. The Bertz CT molecular complexity index is 2180. The van der Waals surface area contributed by atoms with E-state index in [-0.39, 0.29) is 0 Å². The summed E-state index contributed by atoms with van der Waals surface area (Å²) in [6.07, 6.45) is 0. The second-order valence-corrected chi connectivity index (χ2v) is 12.8. The average Bonchev–Trinajstić information content (AvgIpc) is 3.45. The van der Waals surface area contributed by atoms with Crippen LogP contribution in [0.1, 0.15) is 0 Å². The predicted molar refractivity (Wildman–Crippen MR) is 181 cm³/mol. The van der Waals surface area contributed by atoms with E-state index in [4.69, 9.17) is 0 Å². The summed E-state index contributed by atoms with van der Waals surface area (Å²) in [7, 11) is 0. The van der Waals surface area contributed by atoms with Crippen LogP contribution in [-0.4, -0.2) is 14.5 Å². The van der Waals surface area contributed by atoms with Crippen molar-refractivity contribution in [3.63, 3.8) is 0 Å². The van der Waals surface area contributed by atoms with E-state index < -0.39 is 0 Å². The topological polar surface area (TPSA) is 3.24 Å². The van der Waals surface area contributed by atoms with Crippen molar-refractivity contribution in [1.82, 2.24) is 0 Å². The van der Waals surface area contributed by atoms with Crippen molar-refractivity contribution in [3.8, 4) is 22.3 Å². The Morgan fingerprint density at radius 1 is 0.357 bits per heavy atom. The van der Waals surface area contributed by atoms with Crippen LogP contribution in [0.2, 0.25) is 0 Å². The maximum Gasteiger partial charge on any atom is -0.0544 e. The van der Waals surface area contributed by atoms with Crippen LogP contribution in [0, 0.1) is 0 Å². The molecule has 2 heteroatoms. The predicted octanol–water partition coefficient (Wildman–Crippen LogP) is 11.0. The molecule has 0 aliphatic heterocycles. The van der Waals surface area contributed by atoms with Gasteiger partial charge < -0.3 is 0 Å². The molecule has 8 aromatic rings. The van der Waals surface area contributed by atoms with Gasteiger partial charge in [-0.2, -0.15) is 0 Å². The molecule has 0 atom stereocenters. The maximum atomic E-state index is 2.35. The number of fused-ring (bicyclic) bond motifs is 5. The molecule has 0 aliphatic rings. The van der Waals surface area contributed by atoms with Crippen LogP contribution < -0.4 is 4.90 Å². The Morgan fingerprint density at radius 2 is 0.929 bits per heavy atom. The Morgan fingerprint density at radius 3 is 1.76 bits per heavy atom. The van der Waals surface area contributed by atoms with E-state index in [1.165, 1.54) is 52.3 Å². The molecule has 7 aromatic carbocycles. The van der Waals surface area contributed by atoms with Crippen molar-refractivity contribution in [2.75, 3.05) is 4.90 Å². The molecule has 42 heavy (non-hydrogen) atoms. The first-order valence-corrected chi connectivity index (χ1v) is 16.0. The van der Waals surface area contributed by atoms with Gasteiger partial charge in [0, 0.05) is 0 Å². The quantitative estimate of drug-likeness (QED) is 0.178. The molecule has 0 fully saturated rings. The molecule has 1 heterocycles. The second-order valence-electron chi connectivity index (χ2n) is 10.6. The Labute approximate surface area is 251 Å². The molecule has 0 bridgehead atoms. The number of nitrogens with zero attached hydrogens (tertiary/aromatic N) is 1. The van der Waals surface area contributed by atoms with Gasteiger partial charge in [0.15, 0.2) is 0 Å². The Kier molecular flexibility index (Phi) is 6.22. The van der Waals surface area contributed by atoms with Gasteiger partial charge in [-0.15, -0.1) is 0 Å². The number of rotatable bonds is 5. The molecular formula is C40H27NSe. The first kappa shape index (κ1) is 24.9. The smallest absolute Gasteiger partial charge is 0.0544 e. The van der Waals surface area contributed by atoms with Crippen molar-refractivity contribution >= 4 is 61.6 Å². The van der Waals surface area contributed by atoms with Crippen molar-refractivity contribution in [3.05, 3.63) is 164 Å². The van der Waals surface area contributed by atoms with E-state index in [0.29, 0.717) is 14.5 Å². The molecule has 8 rings (SSSR count). The van der Waals surface area contributed by atoms with Gasteiger partial charge in [0.2, 0.25) is 0 Å². The van der Waals surface area contributed by atoms with Crippen LogP contribution in [0.4, 0.5) is 17.1 Å². The van der Waals surface area contributed by atoms with Gasteiger partial charge in [-0.1, -0.05) is 30.3 Å². The molecule has 0 aliphatic carbocycles. The fourth-order valence-corrected chi connectivity index (χ4v) is 8.64. The minimum atomic E-state index is 0.321. The zero-order valence-corrected chi connectivity index (χ0v) is 24.7. The third kappa shape index (κ3) is 4.33. The van der Waals surface area contributed by atoms with E-state index in [1.807, 2.05) is 0 Å². The molecule has 0 spiro atoms. The summed E-state index contributed by atoms with van der Waals surface area (Å²) in [4.78, 5) is 2.35. The fourth-order valence-electron chi connectivity index (χ4n) is 6.06. The summed E-state index contributed by atoms with van der Waals surface area (Å²) in [5.41, 5.74) is 8.35.